The Bertz CT molecular complexity index is 1050. The summed E-state index contributed by atoms with van der Waals surface area (Å²) in [4.78, 5) is 25.8. The van der Waals surface area contributed by atoms with E-state index in [1.807, 2.05) is 12.1 Å². The molecule has 1 aliphatic carbocycles. The van der Waals surface area contributed by atoms with Crippen LogP contribution in [0.3, 0.4) is 0 Å². The van der Waals surface area contributed by atoms with Crippen molar-refractivity contribution in [3.63, 3.8) is 0 Å². The second-order valence-corrected chi connectivity index (χ2v) is 9.10. The highest BCUT2D eigenvalue weighted by atomic mass is 35.5. The number of rotatable bonds is 4. The van der Waals surface area contributed by atoms with E-state index < -0.39 is 17.7 Å². The summed E-state index contributed by atoms with van der Waals surface area (Å²) in [6, 6.07) is 10.7. The molecule has 170 valence electrons. The van der Waals surface area contributed by atoms with E-state index in [2.05, 4.69) is 0 Å². The van der Waals surface area contributed by atoms with Crippen molar-refractivity contribution in [3.05, 3.63) is 69.7 Å². The summed E-state index contributed by atoms with van der Waals surface area (Å²) in [5.41, 5.74) is 0.811. The van der Waals surface area contributed by atoms with Crippen LogP contribution < -0.4 is 0 Å². The van der Waals surface area contributed by atoms with E-state index in [-0.39, 0.29) is 35.6 Å². The number of amides is 1. The van der Waals surface area contributed by atoms with E-state index in [4.69, 9.17) is 11.6 Å². The van der Waals surface area contributed by atoms with Crippen LogP contribution in [-0.2, 0) is 27.6 Å². The number of likely N-dealkylation sites (tertiary alicyclic amines) is 1. The molecular formula is C24H23ClF3NO3. The third-order valence-electron chi connectivity index (χ3n) is 6.81. The number of carbonyl (C=O) groups is 2. The number of hydrogen-bond acceptors (Lipinski definition) is 2. The third-order valence-corrected chi connectivity index (χ3v) is 7.13. The molecule has 1 amide bonds. The molecule has 4 rings (SSSR count). The lowest BCUT2D eigenvalue weighted by Gasteiger charge is -2.41. The second kappa shape index (κ2) is 8.43. The normalized spacial score (nSPS) is 19.8. The van der Waals surface area contributed by atoms with Gasteiger partial charge in [-0.05, 0) is 54.0 Å². The van der Waals surface area contributed by atoms with Crippen LogP contribution in [0.15, 0.2) is 42.5 Å². The van der Waals surface area contributed by atoms with Gasteiger partial charge in [0.25, 0.3) is 0 Å². The van der Waals surface area contributed by atoms with Crippen LogP contribution in [0.2, 0.25) is 5.02 Å². The maximum Gasteiger partial charge on any atom is 0.416 e. The average Bonchev–Trinajstić information content (AvgIpc) is 3.01. The standard InChI is InChI=1S/C24H23ClF3NO3/c25-19-7-3-5-17-16(13-21(31)32)14-23(22(17)19)8-10-29(11-9-23)20(30)12-15-4-1-2-6-18(15)24(26,27)28/h1-7,16H,8-14H2,(H,31,32). The van der Waals surface area contributed by atoms with Gasteiger partial charge in [0.15, 0.2) is 0 Å². The molecule has 1 unspecified atom stereocenters. The fourth-order valence-electron chi connectivity index (χ4n) is 5.38. The Labute approximate surface area is 189 Å². The predicted octanol–water partition coefficient (Wildman–Crippen LogP) is 5.42. The molecule has 1 N–H and O–H groups in total. The van der Waals surface area contributed by atoms with Gasteiger partial charge in [0.1, 0.15) is 0 Å². The molecule has 1 aliphatic heterocycles. The van der Waals surface area contributed by atoms with Gasteiger partial charge >= 0.3 is 12.1 Å². The Balaban J connectivity index is 1.50. The van der Waals surface area contributed by atoms with E-state index in [0.29, 0.717) is 37.4 Å². The summed E-state index contributed by atoms with van der Waals surface area (Å²) in [6.45, 7) is 0.801. The number of hydrogen-bond donors (Lipinski definition) is 1. The SMILES string of the molecule is O=C(O)CC1CC2(CCN(C(=O)Cc3ccccc3C(F)(F)F)CC2)c2c(Cl)cccc21. The topological polar surface area (TPSA) is 57.6 Å². The number of halogens is 4. The van der Waals surface area contributed by atoms with Gasteiger partial charge in [-0.1, -0.05) is 41.9 Å². The van der Waals surface area contributed by atoms with Crippen LogP contribution in [0, 0.1) is 0 Å². The Hall–Kier alpha value is -2.54. The first kappa shape index (κ1) is 22.6. The van der Waals surface area contributed by atoms with E-state index in [1.165, 1.54) is 18.2 Å². The van der Waals surface area contributed by atoms with Crippen molar-refractivity contribution in [2.24, 2.45) is 0 Å². The van der Waals surface area contributed by atoms with E-state index in [9.17, 15) is 27.9 Å². The maximum absolute atomic E-state index is 13.3. The van der Waals surface area contributed by atoms with Crippen molar-refractivity contribution in [2.75, 3.05) is 13.1 Å². The molecule has 0 radical (unpaired) electrons. The molecule has 0 saturated carbocycles. The quantitative estimate of drug-likeness (QED) is 0.655. The fourth-order valence-corrected chi connectivity index (χ4v) is 5.76. The number of benzene rings is 2. The smallest absolute Gasteiger partial charge is 0.416 e. The predicted molar refractivity (Wildman–Crippen MR) is 114 cm³/mol. The zero-order valence-electron chi connectivity index (χ0n) is 17.3. The molecule has 32 heavy (non-hydrogen) atoms. The number of aliphatic carboxylic acids is 1. The van der Waals surface area contributed by atoms with Gasteiger partial charge < -0.3 is 10.0 Å². The number of carbonyl (C=O) groups excluding carboxylic acids is 1. The molecule has 0 bridgehead atoms. The molecule has 2 aromatic rings. The number of nitrogens with zero attached hydrogens (tertiary/aromatic N) is 1. The van der Waals surface area contributed by atoms with Crippen molar-refractivity contribution >= 4 is 23.5 Å². The Morgan fingerprint density at radius 2 is 1.78 bits per heavy atom. The highest BCUT2D eigenvalue weighted by molar-refractivity contribution is 6.31. The number of fused-ring (bicyclic) bond motifs is 2. The largest absolute Gasteiger partial charge is 0.481 e. The van der Waals surface area contributed by atoms with Crippen LogP contribution in [0.1, 0.15) is 53.9 Å². The van der Waals surface area contributed by atoms with Gasteiger partial charge in [0, 0.05) is 23.5 Å². The van der Waals surface area contributed by atoms with Crippen molar-refractivity contribution in [3.8, 4) is 0 Å². The molecule has 0 aromatic heterocycles. The molecule has 8 heteroatoms. The van der Waals surface area contributed by atoms with Gasteiger partial charge in [0.05, 0.1) is 18.4 Å². The van der Waals surface area contributed by atoms with Crippen LogP contribution in [0.25, 0.3) is 0 Å². The van der Waals surface area contributed by atoms with Crippen molar-refractivity contribution in [1.82, 2.24) is 4.90 Å². The molecule has 1 saturated heterocycles. The molecule has 4 nitrogen and oxygen atoms in total. The molecule has 1 fully saturated rings. The summed E-state index contributed by atoms with van der Waals surface area (Å²) in [5.74, 6) is -1.34. The minimum Gasteiger partial charge on any atom is -0.481 e. The number of carboxylic acids is 1. The first-order valence-corrected chi connectivity index (χ1v) is 10.9. The lowest BCUT2D eigenvalue weighted by Crippen LogP contribution is -2.45. The monoisotopic (exact) mass is 465 g/mol. The first-order chi connectivity index (χ1) is 15.1. The average molecular weight is 466 g/mol. The van der Waals surface area contributed by atoms with Crippen molar-refractivity contribution in [2.45, 2.75) is 49.6 Å². The Morgan fingerprint density at radius 1 is 1.09 bits per heavy atom. The Kier molecular flexibility index (Phi) is 5.96. The fraction of sp³-hybridized carbons (Fsp3) is 0.417. The molecule has 1 atom stereocenters. The van der Waals surface area contributed by atoms with Gasteiger partial charge in [0.2, 0.25) is 5.91 Å². The lowest BCUT2D eigenvalue weighted by atomic mass is 9.73. The van der Waals surface area contributed by atoms with Crippen LogP contribution in [0.4, 0.5) is 13.2 Å². The highest BCUT2D eigenvalue weighted by Gasteiger charge is 2.47. The van der Waals surface area contributed by atoms with Crippen molar-refractivity contribution in [1.29, 1.82) is 0 Å². The number of alkyl halides is 3. The maximum atomic E-state index is 13.3. The summed E-state index contributed by atoms with van der Waals surface area (Å²) in [6.07, 6.45) is -2.93. The molecular weight excluding hydrogens is 443 g/mol. The molecule has 2 aliphatic rings. The van der Waals surface area contributed by atoms with Gasteiger partial charge in [-0.3, -0.25) is 9.59 Å². The Morgan fingerprint density at radius 3 is 2.44 bits per heavy atom. The molecule has 1 spiro atoms. The zero-order valence-corrected chi connectivity index (χ0v) is 18.0. The second-order valence-electron chi connectivity index (χ2n) is 8.70. The number of piperidine rings is 1. The molecule has 1 heterocycles. The van der Waals surface area contributed by atoms with Crippen LogP contribution in [0.5, 0.6) is 0 Å². The van der Waals surface area contributed by atoms with E-state index in [1.54, 1.807) is 11.0 Å². The van der Waals surface area contributed by atoms with Gasteiger partial charge in [-0.25, -0.2) is 0 Å². The number of carboxylic acid groups (broad SMARTS) is 1. The first-order valence-electron chi connectivity index (χ1n) is 10.5. The van der Waals surface area contributed by atoms with Crippen molar-refractivity contribution < 1.29 is 27.9 Å². The van der Waals surface area contributed by atoms with Gasteiger partial charge in [-0.2, -0.15) is 13.2 Å². The summed E-state index contributed by atoms with van der Waals surface area (Å²) >= 11 is 6.53. The molecule has 2 aromatic carbocycles. The third kappa shape index (κ3) is 4.22. The van der Waals surface area contributed by atoms with Crippen LogP contribution >= 0.6 is 11.6 Å². The van der Waals surface area contributed by atoms with Crippen LogP contribution in [-0.4, -0.2) is 35.0 Å². The minimum atomic E-state index is -4.51. The minimum absolute atomic E-state index is 0.0198. The summed E-state index contributed by atoms with van der Waals surface area (Å²) in [5, 5.41) is 9.93. The van der Waals surface area contributed by atoms with Gasteiger partial charge in [-0.15, -0.1) is 0 Å². The lowest BCUT2D eigenvalue weighted by molar-refractivity contribution is -0.139. The van der Waals surface area contributed by atoms with E-state index in [0.717, 1.165) is 17.2 Å². The summed E-state index contributed by atoms with van der Waals surface area (Å²) < 4.78 is 39.8. The summed E-state index contributed by atoms with van der Waals surface area (Å²) in [7, 11) is 0. The van der Waals surface area contributed by atoms with E-state index >= 15 is 0 Å². The zero-order chi connectivity index (χ0) is 23.1. The highest BCUT2D eigenvalue weighted by Crippen LogP contribution is 2.55.